The van der Waals surface area contributed by atoms with Gasteiger partial charge >= 0.3 is 41.9 Å². The van der Waals surface area contributed by atoms with Crippen molar-refractivity contribution >= 4 is 27.0 Å². The number of benzene rings is 2. The van der Waals surface area contributed by atoms with Crippen LogP contribution in [-0.2, 0) is 29.8 Å². The van der Waals surface area contributed by atoms with Crippen molar-refractivity contribution in [2.45, 2.75) is 26.4 Å². The summed E-state index contributed by atoms with van der Waals surface area (Å²) in [5.74, 6) is 0. The molecule has 0 N–H and O–H groups in total. The Kier molecular flexibility index (Phi) is 13.2. The average molecular weight is 479 g/mol. The molecule has 0 spiro atoms. The summed E-state index contributed by atoms with van der Waals surface area (Å²) >= 11 is 1.74. The van der Waals surface area contributed by atoms with Gasteiger partial charge in [-0.15, -0.1) is 39.7 Å². The fraction of sp³-hybridized carbons (Fsp3) is 0.182. The minimum Gasteiger partial charge on any atom is -1.00 e. The van der Waals surface area contributed by atoms with Crippen molar-refractivity contribution in [3.05, 3.63) is 84.4 Å². The van der Waals surface area contributed by atoms with Crippen LogP contribution < -0.4 is 24.8 Å². The van der Waals surface area contributed by atoms with E-state index in [1.807, 2.05) is 0 Å². The Morgan fingerprint density at radius 1 is 0.846 bits per heavy atom. The van der Waals surface area contributed by atoms with Crippen LogP contribution >= 0.6 is 0 Å². The number of rotatable bonds is 1. The molecular weight excluding hydrogens is 454 g/mol. The van der Waals surface area contributed by atoms with Gasteiger partial charge in [-0.25, -0.2) is 6.07 Å². The monoisotopic (exact) mass is 476 g/mol. The number of halogens is 2. The van der Waals surface area contributed by atoms with E-state index < -0.39 is 0 Å². The summed E-state index contributed by atoms with van der Waals surface area (Å²) in [4.78, 5) is 0. The van der Waals surface area contributed by atoms with Crippen LogP contribution in [0.3, 0.4) is 0 Å². The van der Waals surface area contributed by atoms with Crippen LogP contribution in [0.25, 0.3) is 21.5 Å². The van der Waals surface area contributed by atoms with Gasteiger partial charge in [-0.05, 0) is 0 Å². The Bertz CT molecular complexity index is 840. The second kappa shape index (κ2) is 13.5. The van der Waals surface area contributed by atoms with Crippen molar-refractivity contribution in [1.29, 1.82) is 0 Å². The smallest absolute Gasteiger partial charge is 0.0771 e. The predicted molar refractivity (Wildman–Crippen MR) is 106 cm³/mol. The molecule has 26 heavy (non-hydrogen) atoms. The van der Waals surface area contributed by atoms with Gasteiger partial charge in [0.25, 0.3) is 0 Å². The molecule has 0 bridgehead atoms. The molecule has 0 fully saturated rings. The van der Waals surface area contributed by atoms with Crippen LogP contribution in [0.1, 0.15) is 12.5 Å². The first-order chi connectivity index (χ1) is 11.6. The molecule has 4 aromatic rings. The van der Waals surface area contributed by atoms with Gasteiger partial charge in [0.05, 0.1) is 0 Å². The van der Waals surface area contributed by atoms with Gasteiger partial charge in [0.2, 0.25) is 0 Å². The number of hydrogen-bond acceptors (Lipinski definition) is 0. The van der Waals surface area contributed by atoms with Crippen molar-refractivity contribution in [1.82, 2.24) is 0 Å². The van der Waals surface area contributed by atoms with Crippen LogP contribution in [0.2, 0.25) is 13.1 Å². The summed E-state index contributed by atoms with van der Waals surface area (Å²) in [6.07, 6.45) is 1.16. The quantitative estimate of drug-likeness (QED) is 0.276. The second-order valence-electron chi connectivity index (χ2n) is 5.97. The van der Waals surface area contributed by atoms with Gasteiger partial charge in [-0.3, -0.25) is 0 Å². The Balaban J connectivity index is 0.000000415. The molecule has 0 heterocycles. The first-order valence-corrected chi connectivity index (χ1v) is 14.6. The van der Waals surface area contributed by atoms with Crippen LogP contribution in [0.5, 0.6) is 0 Å². The average Bonchev–Trinajstić information content (AvgIpc) is 3.22. The Morgan fingerprint density at radius 2 is 1.31 bits per heavy atom. The van der Waals surface area contributed by atoms with E-state index in [-0.39, 0.29) is 30.2 Å². The number of fused-ring (bicyclic) bond motifs is 3. The maximum Gasteiger partial charge on any atom is -0.0771 e. The summed E-state index contributed by atoms with van der Waals surface area (Å²) in [5.41, 5.74) is 1.64. The van der Waals surface area contributed by atoms with Crippen molar-refractivity contribution in [3.8, 4) is 0 Å². The zero-order chi connectivity index (χ0) is 17.4. The predicted octanol–water partition coefficient (Wildman–Crippen LogP) is 0.472. The summed E-state index contributed by atoms with van der Waals surface area (Å²) < 4.78 is 0. The largest absolute Gasteiger partial charge is 1.00 e. The fourth-order valence-corrected chi connectivity index (χ4v) is 2.55. The van der Waals surface area contributed by atoms with E-state index in [9.17, 15) is 0 Å². The van der Waals surface area contributed by atoms with Crippen LogP contribution in [0.4, 0.5) is 0 Å². The first-order valence-electron chi connectivity index (χ1n) is 8.37. The van der Waals surface area contributed by atoms with Gasteiger partial charge in [0, 0.05) is 0 Å². The topological polar surface area (TPSA) is 0 Å². The molecule has 0 aromatic heterocycles. The van der Waals surface area contributed by atoms with E-state index in [0.29, 0.717) is 0 Å². The molecule has 0 radical (unpaired) electrons. The molecule has 0 saturated heterocycles. The molecule has 136 valence electrons. The zero-order valence-corrected chi connectivity index (χ0v) is 20.4. The van der Waals surface area contributed by atoms with Crippen molar-refractivity contribution < 1.29 is 48.1 Å². The van der Waals surface area contributed by atoms with Gasteiger partial charge in [-0.2, -0.15) is 23.8 Å². The van der Waals surface area contributed by atoms with E-state index >= 15 is 0 Å². The van der Waals surface area contributed by atoms with E-state index in [0.717, 1.165) is 6.42 Å². The van der Waals surface area contributed by atoms with Crippen LogP contribution in [0.15, 0.2) is 78.9 Å². The third-order valence-corrected chi connectivity index (χ3v) is 3.66. The fourth-order valence-electron chi connectivity index (χ4n) is 2.55. The Hall–Kier alpha value is -0.660. The summed E-state index contributed by atoms with van der Waals surface area (Å²) in [6.45, 7) is 6.78. The molecule has 0 amide bonds. The van der Waals surface area contributed by atoms with Gasteiger partial charge < -0.3 is 24.8 Å². The van der Waals surface area contributed by atoms with Crippen LogP contribution in [0, 0.1) is 0 Å². The normalized spacial score (nSPS) is 9.12. The van der Waals surface area contributed by atoms with Crippen molar-refractivity contribution in [3.63, 3.8) is 0 Å². The molecule has 0 aliphatic rings. The van der Waals surface area contributed by atoms with Crippen molar-refractivity contribution in [2.75, 3.05) is 0 Å². The van der Waals surface area contributed by atoms with Crippen LogP contribution in [-0.4, -0.2) is 5.43 Å². The molecule has 4 aromatic carbocycles. The second-order valence-corrected chi connectivity index (χ2v) is 15.3. The summed E-state index contributed by atoms with van der Waals surface area (Å²) in [6, 6.07) is 27.7. The molecule has 0 saturated carbocycles. The molecular formula is C22H24Cl2SiZr-2. The molecule has 0 nitrogen and oxygen atoms in total. The molecule has 4 rings (SSSR count). The molecule has 0 unspecified atom stereocenters. The maximum absolute atomic E-state index is 2.31. The van der Waals surface area contributed by atoms with Gasteiger partial charge in [0.1, 0.15) is 0 Å². The van der Waals surface area contributed by atoms with E-state index in [1.54, 1.807) is 23.3 Å². The molecule has 0 aliphatic heterocycles. The summed E-state index contributed by atoms with van der Waals surface area (Å²) in [7, 11) is 0. The third kappa shape index (κ3) is 7.92. The standard InChI is InChI=1S/C13H9.C7H9.C2H6Si.2ClH.Zr/c1-3-7-12-10(5-1)9-11-6-2-4-8-13(11)12;1-2-7-5-3-4-6-7;1-3-2;;;/h1-9H;3-6H,2H2,1H3;1-2H3;2*1H;/q2*-1;;;;+2/p-2. The van der Waals surface area contributed by atoms with E-state index in [1.165, 1.54) is 27.1 Å². The van der Waals surface area contributed by atoms with E-state index in [4.69, 9.17) is 0 Å². The van der Waals surface area contributed by atoms with E-state index in [2.05, 4.69) is 98.9 Å². The number of hydrogen-bond donors (Lipinski definition) is 0. The molecule has 0 atom stereocenters. The Morgan fingerprint density at radius 3 is 1.65 bits per heavy atom. The zero-order valence-electron chi connectivity index (χ0n) is 15.5. The SMILES string of the molecule is CCc1cc[cH-]c1.C[Si](C)=[Zr+2].[Cl-].[Cl-].c1ccc2c(c1)[cH-]c1ccccc12. The summed E-state index contributed by atoms with van der Waals surface area (Å²) in [5, 5.41) is 5.39. The Labute approximate surface area is 184 Å². The van der Waals surface area contributed by atoms with Gasteiger partial charge in [0.15, 0.2) is 0 Å². The molecule has 4 heteroatoms. The number of aryl methyl sites for hydroxylation is 1. The maximum atomic E-state index is 2.31. The third-order valence-electron chi connectivity index (χ3n) is 3.66. The van der Waals surface area contributed by atoms with Crippen molar-refractivity contribution in [2.24, 2.45) is 0 Å². The minimum absolute atomic E-state index is 0. The molecule has 0 aliphatic carbocycles. The van der Waals surface area contributed by atoms with Gasteiger partial charge in [-0.1, -0.05) is 49.7 Å². The first kappa shape index (κ1) is 25.3. The minimum atomic E-state index is 0.